The van der Waals surface area contributed by atoms with E-state index in [-0.39, 0.29) is 18.0 Å². The van der Waals surface area contributed by atoms with Crippen LogP contribution in [-0.2, 0) is 9.47 Å². The molecule has 1 rings (SSSR count). The van der Waals surface area contributed by atoms with Gasteiger partial charge >= 0.3 is 0 Å². The molecule has 3 nitrogen and oxygen atoms in total. The molecule has 1 aromatic rings. The summed E-state index contributed by atoms with van der Waals surface area (Å²) in [5, 5.41) is 0. The molecular formula is C14H19IO3. The molecule has 0 amide bonds. The summed E-state index contributed by atoms with van der Waals surface area (Å²) in [6.45, 7) is 4.64. The summed E-state index contributed by atoms with van der Waals surface area (Å²) in [5.74, 6) is 0.0154. The number of hydrogen-bond acceptors (Lipinski definition) is 3. The van der Waals surface area contributed by atoms with Gasteiger partial charge < -0.3 is 9.47 Å². The number of ether oxygens (including phenoxy) is 2. The average molecular weight is 362 g/mol. The monoisotopic (exact) mass is 362 g/mol. The van der Waals surface area contributed by atoms with Crippen molar-refractivity contribution in [2.45, 2.75) is 25.9 Å². The highest BCUT2D eigenvalue weighted by Crippen LogP contribution is 2.13. The molecule has 1 aromatic carbocycles. The van der Waals surface area contributed by atoms with Gasteiger partial charge in [-0.2, -0.15) is 0 Å². The lowest BCUT2D eigenvalue weighted by Gasteiger charge is -2.22. The SMILES string of the molecule is COC(C)(C)CCOCC(=O)c1ccc(I)cc1. The highest BCUT2D eigenvalue weighted by Gasteiger charge is 2.16. The van der Waals surface area contributed by atoms with Gasteiger partial charge in [0.05, 0.1) is 5.60 Å². The second kappa shape index (κ2) is 7.21. The van der Waals surface area contributed by atoms with Crippen molar-refractivity contribution < 1.29 is 14.3 Å². The van der Waals surface area contributed by atoms with Crippen LogP contribution in [0, 0.1) is 3.57 Å². The van der Waals surface area contributed by atoms with Gasteiger partial charge in [0.2, 0.25) is 0 Å². The first kappa shape index (κ1) is 15.6. The molecule has 0 fully saturated rings. The van der Waals surface area contributed by atoms with Crippen LogP contribution in [0.1, 0.15) is 30.6 Å². The quantitative estimate of drug-likeness (QED) is 0.424. The molecule has 0 saturated carbocycles. The second-order valence-electron chi connectivity index (χ2n) is 4.70. The summed E-state index contributed by atoms with van der Waals surface area (Å²) in [4.78, 5) is 11.8. The zero-order valence-corrected chi connectivity index (χ0v) is 13.2. The van der Waals surface area contributed by atoms with E-state index in [9.17, 15) is 4.79 Å². The van der Waals surface area contributed by atoms with Gasteiger partial charge in [-0.3, -0.25) is 4.79 Å². The molecule has 0 aliphatic carbocycles. The smallest absolute Gasteiger partial charge is 0.188 e. The number of hydrogen-bond donors (Lipinski definition) is 0. The first-order valence-corrected chi connectivity index (χ1v) is 6.94. The molecule has 0 radical (unpaired) electrons. The zero-order chi connectivity index (χ0) is 13.6. The van der Waals surface area contributed by atoms with Gasteiger partial charge in [-0.15, -0.1) is 0 Å². The van der Waals surface area contributed by atoms with E-state index < -0.39 is 0 Å². The van der Waals surface area contributed by atoms with E-state index in [4.69, 9.17) is 9.47 Å². The lowest BCUT2D eigenvalue weighted by atomic mass is 10.1. The summed E-state index contributed by atoms with van der Waals surface area (Å²) in [6.07, 6.45) is 0.767. The largest absolute Gasteiger partial charge is 0.379 e. The molecule has 0 atom stereocenters. The van der Waals surface area contributed by atoms with Gasteiger partial charge in [-0.1, -0.05) is 12.1 Å². The van der Waals surface area contributed by atoms with E-state index in [0.29, 0.717) is 12.2 Å². The van der Waals surface area contributed by atoms with Crippen molar-refractivity contribution in [3.8, 4) is 0 Å². The number of methoxy groups -OCH3 is 1. The Balaban J connectivity index is 2.32. The van der Waals surface area contributed by atoms with Crippen LogP contribution in [0.2, 0.25) is 0 Å². The third kappa shape index (κ3) is 5.46. The van der Waals surface area contributed by atoms with E-state index in [1.807, 2.05) is 38.1 Å². The van der Waals surface area contributed by atoms with Crippen LogP contribution in [0.4, 0.5) is 0 Å². The predicted octanol–water partition coefficient (Wildman–Crippen LogP) is 3.31. The van der Waals surface area contributed by atoms with Crippen LogP contribution in [0.15, 0.2) is 24.3 Å². The van der Waals surface area contributed by atoms with Crippen LogP contribution in [0.5, 0.6) is 0 Å². The number of halogens is 1. The number of benzene rings is 1. The number of ketones is 1. The summed E-state index contributed by atoms with van der Waals surface area (Å²) >= 11 is 2.21. The van der Waals surface area contributed by atoms with Crippen LogP contribution in [0.25, 0.3) is 0 Å². The Morgan fingerprint density at radius 1 is 1.28 bits per heavy atom. The van der Waals surface area contributed by atoms with Crippen LogP contribution in [-0.4, -0.2) is 31.7 Å². The fraction of sp³-hybridized carbons (Fsp3) is 0.500. The lowest BCUT2D eigenvalue weighted by molar-refractivity contribution is -0.00836. The lowest BCUT2D eigenvalue weighted by Crippen LogP contribution is -2.25. The minimum Gasteiger partial charge on any atom is -0.379 e. The Morgan fingerprint density at radius 3 is 2.44 bits per heavy atom. The van der Waals surface area contributed by atoms with Crippen LogP contribution < -0.4 is 0 Å². The molecule has 0 saturated heterocycles. The number of Topliss-reactive ketones (excluding diaryl/α,β-unsaturated/α-hetero) is 1. The van der Waals surface area contributed by atoms with Crippen molar-refractivity contribution in [3.05, 3.63) is 33.4 Å². The van der Waals surface area contributed by atoms with Crippen molar-refractivity contribution in [1.29, 1.82) is 0 Å². The zero-order valence-electron chi connectivity index (χ0n) is 11.0. The Labute approximate surface area is 122 Å². The number of rotatable bonds is 7. The first-order chi connectivity index (χ1) is 8.44. The predicted molar refractivity (Wildman–Crippen MR) is 80.0 cm³/mol. The Kier molecular flexibility index (Phi) is 6.25. The topological polar surface area (TPSA) is 35.5 Å². The van der Waals surface area contributed by atoms with Crippen molar-refractivity contribution in [2.24, 2.45) is 0 Å². The Morgan fingerprint density at radius 2 is 1.89 bits per heavy atom. The molecule has 18 heavy (non-hydrogen) atoms. The van der Waals surface area contributed by atoms with Crippen molar-refractivity contribution in [3.63, 3.8) is 0 Å². The molecule has 0 heterocycles. The summed E-state index contributed by atoms with van der Waals surface area (Å²) in [6, 6.07) is 7.49. The fourth-order valence-corrected chi connectivity index (χ4v) is 1.66. The Hall–Kier alpha value is -0.460. The molecule has 0 aliphatic rings. The maximum atomic E-state index is 11.8. The fourth-order valence-electron chi connectivity index (χ4n) is 1.30. The van der Waals surface area contributed by atoms with Crippen molar-refractivity contribution in [1.82, 2.24) is 0 Å². The molecule has 4 heteroatoms. The molecule has 0 aliphatic heterocycles. The molecule has 100 valence electrons. The third-order valence-corrected chi connectivity index (χ3v) is 3.52. The maximum Gasteiger partial charge on any atom is 0.188 e. The van der Waals surface area contributed by atoms with Crippen molar-refractivity contribution in [2.75, 3.05) is 20.3 Å². The number of carbonyl (C=O) groups is 1. The minimum absolute atomic E-state index is 0.0154. The molecule has 0 aromatic heterocycles. The molecule has 0 unspecified atom stereocenters. The first-order valence-electron chi connectivity index (χ1n) is 5.86. The molecule has 0 spiro atoms. The third-order valence-electron chi connectivity index (χ3n) is 2.80. The Bertz CT molecular complexity index is 385. The maximum absolute atomic E-state index is 11.8. The van der Waals surface area contributed by atoms with Gasteiger partial charge in [0.25, 0.3) is 0 Å². The highest BCUT2D eigenvalue weighted by molar-refractivity contribution is 14.1. The van der Waals surface area contributed by atoms with E-state index in [1.165, 1.54) is 0 Å². The van der Waals surface area contributed by atoms with Gasteiger partial charge in [-0.25, -0.2) is 0 Å². The van der Waals surface area contributed by atoms with Gasteiger partial charge in [-0.05, 0) is 55.0 Å². The minimum atomic E-state index is -0.202. The van der Waals surface area contributed by atoms with E-state index in [2.05, 4.69) is 22.6 Å². The molecular weight excluding hydrogens is 343 g/mol. The van der Waals surface area contributed by atoms with Gasteiger partial charge in [0.1, 0.15) is 6.61 Å². The summed E-state index contributed by atoms with van der Waals surface area (Å²) in [5.41, 5.74) is 0.493. The highest BCUT2D eigenvalue weighted by atomic mass is 127. The number of carbonyl (C=O) groups excluding carboxylic acids is 1. The second-order valence-corrected chi connectivity index (χ2v) is 5.94. The van der Waals surface area contributed by atoms with E-state index in [1.54, 1.807) is 7.11 Å². The summed E-state index contributed by atoms with van der Waals surface area (Å²) in [7, 11) is 1.68. The van der Waals surface area contributed by atoms with Gasteiger partial charge in [0, 0.05) is 22.9 Å². The average Bonchev–Trinajstić information content (AvgIpc) is 2.35. The standard InChI is InChI=1S/C14H19IO3/c1-14(2,17-3)8-9-18-10-13(16)11-4-6-12(15)7-5-11/h4-7H,8-10H2,1-3H3. The van der Waals surface area contributed by atoms with Gasteiger partial charge in [0.15, 0.2) is 5.78 Å². The van der Waals surface area contributed by atoms with Crippen LogP contribution in [0.3, 0.4) is 0 Å². The van der Waals surface area contributed by atoms with Crippen molar-refractivity contribution >= 4 is 28.4 Å². The van der Waals surface area contributed by atoms with E-state index in [0.717, 1.165) is 9.99 Å². The van der Waals surface area contributed by atoms with E-state index >= 15 is 0 Å². The van der Waals surface area contributed by atoms with Crippen LogP contribution >= 0.6 is 22.6 Å². The normalized spacial score (nSPS) is 11.6. The summed E-state index contributed by atoms with van der Waals surface area (Å²) < 4.78 is 11.8. The molecule has 0 N–H and O–H groups in total. The molecule has 0 bridgehead atoms.